The van der Waals surface area contributed by atoms with Crippen LogP contribution in [0.3, 0.4) is 0 Å². The van der Waals surface area contributed by atoms with Gasteiger partial charge in [0.25, 0.3) is 5.56 Å². The summed E-state index contributed by atoms with van der Waals surface area (Å²) >= 11 is 1.37. The van der Waals surface area contributed by atoms with Crippen LogP contribution >= 0.6 is 11.3 Å². The lowest BCUT2D eigenvalue weighted by Crippen LogP contribution is -2.33. The van der Waals surface area contributed by atoms with Gasteiger partial charge in [-0.2, -0.15) is 0 Å². The second-order valence-corrected chi connectivity index (χ2v) is 8.24. The number of halogens is 1. The van der Waals surface area contributed by atoms with Crippen LogP contribution in [0.2, 0.25) is 0 Å². The third-order valence-corrected chi connectivity index (χ3v) is 6.80. The summed E-state index contributed by atoms with van der Waals surface area (Å²) in [5.41, 5.74) is -0.690. The zero-order chi connectivity index (χ0) is 18.8. The Morgan fingerprint density at radius 2 is 1.96 bits per heavy atom. The van der Waals surface area contributed by atoms with E-state index in [4.69, 9.17) is 4.98 Å². The molecular formula is C20H17FN2O3S. The number of pyridine rings is 1. The molecule has 27 heavy (non-hydrogen) atoms. The van der Waals surface area contributed by atoms with Gasteiger partial charge in [0, 0.05) is 22.4 Å². The summed E-state index contributed by atoms with van der Waals surface area (Å²) in [4.78, 5) is 19.9. The van der Waals surface area contributed by atoms with E-state index < -0.39 is 11.4 Å². The van der Waals surface area contributed by atoms with Gasteiger partial charge in [0.2, 0.25) is 0 Å². The molecule has 3 N–H and O–H groups in total. The van der Waals surface area contributed by atoms with Crippen LogP contribution < -0.4 is 5.56 Å². The molecular weight excluding hydrogens is 367 g/mol. The number of benzene rings is 2. The van der Waals surface area contributed by atoms with Crippen molar-refractivity contribution >= 4 is 43.1 Å². The minimum Gasteiger partial charge on any atom is -0.393 e. The molecule has 0 spiro atoms. The highest BCUT2D eigenvalue weighted by molar-refractivity contribution is 7.19. The lowest BCUT2D eigenvalue weighted by Gasteiger charge is -2.32. The predicted molar refractivity (Wildman–Crippen MR) is 104 cm³/mol. The highest BCUT2D eigenvalue weighted by Gasteiger charge is 2.37. The Balaban J connectivity index is 1.87. The van der Waals surface area contributed by atoms with Gasteiger partial charge in [-0.05, 0) is 49.9 Å². The molecule has 1 aliphatic carbocycles. The van der Waals surface area contributed by atoms with E-state index in [9.17, 15) is 19.4 Å². The number of H-pyrrole nitrogens is 1. The summed E-state index contributed by atoms with van der Waals surface area (Å²) in [6.07, 6.45) is 3.12. The van der Waals surface area contributed by atoms with E-state index >= 15 is 0 Å². The summed E-state index contributed by atoms with van der Waals surface area (Å²) in [5, 5.41) is 23.8. The van der Waals surface area contributed by atoms with Gasteiger partial charge in [-0.1, -0.05) is 0 Å². The van der Waals surface area contributed by atoms with E-state index in [-0.39, 0.29) is 11.7 Å². The van der Waals surface area contributed by atoms with Crippen LogP contribution in [0.15, 0.2) is 35.3 Å². The van der Waals surface area contributed by atoms with Crippen molar-refractivity contribution in [2.75, 3.05) is 0 Å². The van der Waals surface area contributed by atoms with Gasteiger partial charge in [-0.15, -0.1) is 11.3 Å². The number of aromatic amines is 1. The maximum Gasteiger partial charge on any atom is 0.256 e. The molecule has 1 saturated carbocycles. The zero-order valence-electron chi connectivity index (χ0n) is 14.3. The monoisotopic (exact) mass is 384 g/mol. The van der Waals surface area contributed by atoms with Crippen molar-refractivity contribution in [3.63, 3.8) is 0 Å². The van der Waals surface area contributed by atoms with Crippen molar-refractivity contribution in [2.45, 2.75) is 37.4 Å². The number of aliphatic hydroxyl groups is 2. The molecule has 2 heterocycles. The predicted octanol–water partition coefficient (Wildman–Crippen LogP) is 3.55. The smallest absolute Gasteiger partial charge is 0.256 e. The third kappa shape index (κ3) is 2.50. The number of nitrogens with zero attached hydrogens (tertiary/aromatic N) is 1. The Labute approximate surface area is 157 Å². The minimum atomic E-state index is -1.08. The van der Waals surface area contributed by atoms with Crippen molar-refractivity contribution in [1.29, 1.82) is 0 Å². The second-order valence-electron chi connectivity index (χ2n) is 7.24. The molecule has 1 fully saturated rings. The number of aliphatic hydroxyl groups excluding tert-OH is 1. The second kappa shape index (κ2) is 5.82. The van der Waals surface area contributed by atoms with E-state index in [1.807, 2.05) is 0 Å². The molecule has 0 atom stereocenters. The van der Waals surface area contributed by atoms with E-state index in [0.717, 1.165) is 4.70 Å². The van der Waals surface area contributed by atoms with Crippen molar-refractivity contribution in [1.82, 2.24) is 9.97 Å². The molecule has 2 aromatic heterocycles. The van der Waals surface area contributed by atoms with E-state index in [0.29, 0.717) is 57.8 Å². The number of hydrogen-bond donors (Lipinski definition) is 3. The molecule has 1 aliphatic rings. The molecule has 0 amide bonds. The maximum atomic E-state index is 13.9. The van der Waals surface area contributed by atoms with Gasteiger partial charge < -0.3 is 15.2 Å². The molecule has 7 heteroatoms. The number of rotatable bonds is 1. The van der Waals surface area contributed by atoms with Crippen molar-refractivity contribution in [2.24, 2.45) is 0 Å². The summed E-state index contributed by atoms with van der Waals surface area (Å²) in [7, 11) is 0. The van der Waals surface area contributed by atoms with E-state index in [1.165, 1.54) is 23.5 Å². The Kier molecular flexibility index (Phi) is 3.62. The molecule has 5 nitrogen and oxygen atoms in total. The van der Waals surface area contributed by atoms with Crippen LogP contribution in [0.5, 0.6) is 0 Å². The van der Waals surface area contributed by atoms with Crippen LogP contribution in [-0.4, -0.2) is 26.3 Å². The highest BCUT2D eigenvalue weighted by Crippen LogP contribution is 2.44. The van der Waals surface area contributed by atoms with Gasteiger partial charge in [-0.25, -0.2) is 9.37 Å². The molecule has 0 radical (unpaired) electrons. The van der Waals surface area contributed by atoms with Gasteiger partial charge in [0.1, 0.15) is 16.4 Å². The Bertz CT molecular complexity index is 1260. The molecule has 4 aromatic rings. The SMILES string of the molecule is O=c1[nH]ccc2c3sc(C4(O)CCC(O)CC4)nc3c3ccc(F)cc3c12. The molecule has 138 valence electrons. The number of fused-ring (bicyclic) bond motifs is 6. The van der Waals surface area contributed by atoms with Crippen LogP contribution in [0.4, 0.5) is 4.39 Å². The molecule has 2 aromatic carbocycles. The van der Waals surface area contributed by atoms with Crippen LogP contribution in [-0.2, 0) is 5.60 Å². The first-order valence-electron chi connectivity index (χ1n) is 8.90. The lowest BCUT2D eigenvalue weighted by atomic mass is 9.84. The summed E-state index contributed by atoms with van der Waals surface area (Å²) < 4.78 is 14.7. The zero-order valence-corrected chi connectivity index (χ0v) is 15.1. The first kappa shape index (κ1) is 16.8. The number of aromatic nitrogens is 2. The van der Waals surface area contributed by atoms with E-state index in [1.54, 1.807) is 18.3 Å². The quantitative estimate of drug-likeness (QED) is 0.438. The number of nitrogens with one attached hydrogen (secondary N) is 1. The first-order valence-corrected chi connectivity index (χ1v) is 9.72. The topological polar surface area (TPSA) is 86.2 Å². The Morgan fingerprint density at radius 1 is 1.19 bits per heavy atom. The van der Waals surface area contributed by atoms with E-state index in [2.05, 4.69) is 4.98 Å². The average Bonchev–Trinajstić information content (AvgIpc) is 3.11. The van der Waals surface area contributed by atoms with Crippen molar-refractivity contribution < 1.29 is 14.6 Å². The lowest BCUT2D eigenvalue weighted by molar-refractivity contribution is -0.0360. The molecule has 0 unspecified atom stereocenters. The molecule has 5 rings (SSSR count). The minimum absolute atomic E-state index is 0.278. The third-order valence-electron chi connectivity index (χ3n) is 5.52. The maximum absolute atomic E-state index is 13.9. The van der Waals surface area contributed by atoms with Gasteiger partial charge in [0.15, 0.2) is 0 Å². The number of thiazole rings is 1. The van der Waals surface area contributed by atoms with Gasteiger partial charge in [-0.3, -0.25) is 4.79 Å². The first-order chi connectivity index (χ1) is 13.0. The normalized spacial score (nSPS) is 23.4. The van der Waals surface area contributed by atoms with Crippen molar-refractivity contribution in [3.8, 4) is 0 Å². The summed E-state index contributed by atoms with van der Waals surface area (Å²) in [6, 6.07) is 6.14. The standard InChI is InChI=1S/C20H17FN2O3S/c21-10-1-2-12-14(9-10)15-13(5-8-22-18(15)25)17-16(12)23-19(27-17)20(26)6-3-11(24)4-7-20/h1-2,5,8-9,11,24,26H,3-4,6-7H2,(H,22,25). The van der Waals surface area contributed by atoms with Crippen LogP contribution in [0.25, 0.3) is 31.8 Å². The highest BCUT2D eigenvalue weighted by atomic mass is 32.1. The fraction of sp³-hybridized carbons (Fsp3) is 0.300. The Morgan fingerprint density at radius 3 is 2.74 bits per heavy atom. The largest absolute Gasteiger partial charge is 0.393 e. The van der Waals surface area contributed by atoms with Crippen LogP contribution in [0.1, 0.15) is 30.7 Å². The summed E-state index contributed by atoms with van der Waals surface area (Å²) in [5.74, 6) is -0.415. The van der Waals surface area contributed by atoms with Gasteiger partial charge >= 0.3 is 0 Å². The molecule has 0 saturated heterocycles. The molecule has 0 bridgehead atoms. The summed E-state index contributed by atoms with van der Waals surface area (Å²) in [6.45, 7) is 0. The van der Waals surface area contributed by atoms with Gasteiger partial charge in [0.05, 0.1) is 21.7 Å². The van der Waals surface area contributed by atoms with Crippen LogP contribution in [0, 0.1) is 5.82 Å². The number of hydrogen-bond acceptors (Lipinski definition) is 5. The average molecular weight is 384 g/mol. The fourth-order valence-electron chi connectivity index (χ4n) is 4.04. The van der Waals surface area contributed by atoms with Crippen molar-refractivity contribution in [3.05, 3.63) is 51.6 Å². The Hall–Kier alpha value is -2.35. The molecule has 0 aliphatic heterocycles. The fourth-order valence-corrected chi connectivity index (χ4v) is 5.30.